The molecule has 98 valence electrons. The molecule has 1 aromatic rings. The lowest BCUT2D eigenvalue weighted by atomic mass is 9.50. The van der Waals surface area contributed by atoms with E-state index in [0.29, 0.717) is 10.8 Å². The standard InChI is InChI=1S/C17H23I/c1-16(2)14-9-8-12-6-4-5-7-13(12)17(14,3)11-10-15(16)18/h4-7,14-15H,8-11H2,1-3H3/t14-,15-,17+/m0/s1. The van der Waals surface area contributed by atoms with E-state index in [1.807, 2.05) is 0 Å². The molecule has 0 aromatic heterocycles. The molecule has 1 fully saturated rings. The molecule has 0 heterocycles. The third kappa shape index (κ3) is 1.69. The molecule has 18 heavy (non-hydrogen) atoms. The number of halogens is 1. The zero-order valence-electron chi connectivity index (χ0n) is 11.7. The molecule has 0 amide bonds. The Morgan fingerprint density at radius 1 is 1.11 bits per heavy atom. The minimum atomic E-state index is 0.417. The normalized spacial score (nSPS) is 37.8. The van der Waals surface area contributed by atoms with E-state index in [1.54, 1.807) is 11.1 Å². The zero-order valence-corrected chi connectivity index (χ0v) is 13.8. The van der Waals surface area contributed by atoms with E-state index in [2.05, 4.69) is 67.6 Å². The molecule has 0 unspecified atom stereocenters. The summed E-state index contributed by atoms with van der Waals surface area (Å²) in [5, 5.41) is 0. The van der Waals surface area contributed by atoms with Gasteiger partial charge in [0, 0.05) is 3.92 Å². The predicted octanol–water partition coefficient (Wildman–Crippen LogP) is 5.13. The summed E-state index contributed by atoms with van der Waals surface area (Å²) in [6.07, 6.45) is 5.39. The van der Waals surface area contributed by atoms with Crippen LogP contribution in [0.3, 0.4) is 0 Å². The van der Waals surface area contributed by atoms with Gasteiger partial charge in [0.15, 0.2) is 0 Å². The van der Waals surface area contributed by atoms with Crippen LogP contribution in [0.1, 0.15) is 51.2 Å². The van der Waals surface area contributed by atoms with Crippen LogP contribution in [-0.4, -0.2) is 3.92 Å². The van der Waals surface area contributed by atoms with E-state index >= 15 is 0 Å². The second-order valence-electron chi connectivity index (χ2n) is 6.99. The topological polar surface area (TPSA) is 0 Å². The molecule has 2 aliphatic rings. The first-order valence-electron chi connectivity index (χ1n) is 7.19. The van der Waals surface area contributed by atoms with Crippen molar-refractivity contribution in [1.29, 1.82) is 0 Å². The summed E-state index contributed by atoms with van der Waals surface area (Å²) >= 11 is 2.69. The van der Waals surface area contributed by atoms with E-state index in [-0.39, 0.29) is 0 Å². The molecule has 1 saturated carbocycles. The van der Waals surface area contributed by atoms with Gasteiger partial charge in [-0.05, 0) is 53.6 Å². The van der Waals surface area contributed by atoms with E-state index < -0.39 is 0 Å². The lowest BCUT2D eigenvalue weighted by Gasteiger charge is -2.56. The fourth-order valence-electron chi connectivity index (χ4n) is 4.62. The average molecular weight is 354 g/mol. The van der Waals surface area contributed by atoms with Gasteiger partial charge in [-0.25, -0.2) is 0 Å². The van der Waals surface area contributed by atoms with Crippen molar-refractivity contribution in [2.45, 2.75) is 55.8 Å². The lowest BCUT2D eigenvalue weighted by molar-refractivity contribution is 0.0521. The summed E-state index contributed by atoms with van der Waals surface area (Å²) < 4.78 is 0.832. The van der Waals surface area contributed by atoms with Crippen LogP contribution in [0.25, 0.3) is 0 Å². The van der Waals surface area contributed by atoms with Crippen molar-refractivity contribution >= 4 is 22.6 Å². The second-order valence-corrected chi connectivity index (χ2v) is 8.50. The van der Waals surface area contributed by atoms with Crippen LogP contribution in [0.2, 0.25) is 0 Å². The van der Waals surface area contributed by atoms with Crippen LogP contribution in [0.15, 0.2) is 24.3 Å². The van der Waals surface area contributed by atoms with Gasteiger partial charge in [-0.15, -0.1) is 0 Å². The first-order chi connectivity index (χ1) is 8.46. The Morgan fingerprint density at radius 3 is 2.61 bits per heavy atom. The maximum atomic E-state index is 2.69. The molecule has 0 nitrogen and oxygen atoms in total. The van der Waals surface area contributed by atoms with Crippen LogP contribution >= 0.6 is 22.6 Å². The molecule has 2 aliphatic carbocycles. The Kier molecular flexibility index (Phi) is 3.04. The minimum absolute atomic E-state index is 0.417. The smallest absolute Gasteiger partial charge is 0.0164 e. The molecule has 0 saturated heterocycles. The molecule has 3 atom stereocenters. The van der Waals surface area contributed by atoms with E-state index in [0.717, 1.165) is 9.84 Å². The number of benzene rings is 1. The van der Waals surface area contributed by atoms with Gasteiger partial charge in [-0.3, -0.25) is 0 Å². The largest absolute Gasteiger partial charge is 0.0820 e. The Balaban J connectivity index is 2.10. The molecule has 0 aliphatic heterocycles. The molecule has 3 rings (SSSR count). The van der Waals surface area contributed by atoms with Gasteiger partial charge in [0.2, 0.25) is 0 Å². The maximum absolute atomic E-state index is 2.69. The summed E-state index contributed by atoms with van der Waals surface area (Å²) in [6, 6.07) is 9.18. The molecular weight excluding hydrogens is 331 g/mol. The number of hydrogen-bond donors (Lipinski definition) is 0. The highest BCUT2D eigenvalue weighted by Gasteiger charge is 2.52. The molecule has 0 N–H and O–H groups in total. The number of fused-ring (bicyclic) bond motifs is 3. The fraction of sp³-hybridized carbons (Fsp3) is 0.647. The summed E-state index contributed by atoms with van der Waals surface area (Å²) in [5.41, 5.74) is 4.15. The number of aryl methyl sites for hydroxylation is 1. The molecule has 1 aromatic carbocycles. The van der Waals surface area contributed by atoms with Crippen molar-refractivity contribution in [2.75, 3.05) is 0 Å². The minimum Gasteiger partial charge on any atom is -0.0820 e. The van der Waals surface area contributed by atoms with Crippen LogP contribution in [0.4, 0.5) is 0 Å². The van der Waals surface area contributed by atoms with Gasteiger partial charge in [-0.1, -0.05) is 67.6 Å². The fourth-order valence-corrected chi connectivity index (χ4v) is 5.37. The first kappa shape index (κ1) is 13.0. The zero-order chi connectivity index (χ0) is 13.0. The predicted molar refractivity (Wildman–Crippen MR) is 86.4 cm³/mol. The monoisotopic (exact) mass is 354 g/mol. The highest BCUT2D eigenvalue weighted by atomic mass is 127. The molecule has 1 heteroatoms. The quantitative estimate of drug-likeness (QED) is 0.448. The van der Waals surface area contributed by atoms with E-state index in [4.69, 9.17) is 0 Å². The third-order valence-corrected chi connectivity index (χ3v) is 7.95. The Labute approximate surface area is 125 Å². The number of rotatable bonds is 0. The van der Waals surface area contributed by atoms with Gasteiger partial charge in [0.05, 0.1) is 0 Å². The van der Waals surface area contributed by atoms with E-state index in [9.17, 15) is 0 Å². The van der Waals surface area contributed by atoms with Crippen molar-refractivity contribution in [3.8, 4) is 0 Å². The third-order valence-electron chi connectivity index (χ3n) is 5.73. The van der Waals surface area contributed by atoms with Crippen molar-refractivity contribution in [3.63, 3.8) is 0 Å². The van der Waals surface area contributed by atoms with Crippen molar-refractivity contribution < 1.29 is 0 Å². The van der Waals surface area contributed by atoms with Crippen molar-refractivity contribution in [2.24, 2.45) is 11.3 Å². The van der Waals surface area contributed by atoms with Gasteiger partial charge >= 0.3 is 0 Å². The Morgan fingerprint density at radius 2 is 1.83 bits per heavy atom. The summed E-state index contributed by atoms with van der Waals surface area (Å²) in [7, 11) is 0. The second kappa shape index (κ2) is 4.22. The highest BCUT2D eigenvalue weighted by Crippen LogP contribution is 2.58. The highest BCUT2D eigenvalue weighted by molar-refractivity contribution is 14.1. The van der Waals surface area contributed by atoms with Crippen LogP contribution in [0.5, 0.6) is 0 Å². The average Bonchev–Trinajstić information content (AvgIpc) is 2.35. The molecule has 0 spiro atoms. The Hall–Kier alpha value is -0.0500. The molecule has 0 radical (unpaired) electrons. The first-order valence-corrected chi connectivity index (χ1v) is 8.43. The lowest BCUT2D eigenvalue weighted by Crippen LogP contribution is -2.52. The Bertz CT molecular complexity index is 462. The van der Waals surface area contributed by atoms with Gasteiger partial charge < -0.3 is 0 Å². The number of alkyl halides is 1. The van der Waals surface area contributed by atoms with Crippen molar-refractivity contribution in [1.82, 2.24) is 0 Å². The van der Waals surface area contributed by atoms with E-state index in [1.165, 1.54) is 25.7 Å². The van der Waals surface area contributed by atoms with Crippen LogP contribution in [-0.2, 0) is 11.8 Å². The number of hydrogen-bond acceptors (Lipinski definition) is 0. The summed E-state index contributed by atoms with van der Waals surface area (Å²) in [4.78, 5) is 0. The van der Waals surface area contributed by atoms with Gasteiger partial charge in [0.1, 0.15) is 0 Å². The molecular formula is C17H23I. The SMILES string of the molecule is CC1(C)[C@@H](I)CC[C@]2(C)c3ccccc3CC[C@@H]12. The summed E-state index contributed by atoms with van der Waals surface area (Å²) in [5.74, 6) is 0.843. The van der Waals surface area contributed by atoms with Gasteiger partial charge in [-0.2, -0.15) is 0 Å². The van der Waals surface area contributed by atoms with Crippen LogP contribution < -0.4 is 0 Å². The van der Waals surface area contributed by atoms with Crippen LogP contribution in [0, 0.1) is 11.3 Å². The maximum Gasteiger partial charge on any atom is 0.0164 e. The van der Waals surface area contributed by atoms with Gasteiger partial charge in [0.25, 0.3) is 0 Å². The van der Waals surface area contributed by atoms with Crippen molar-refractivity contribution in [3.05, 3.63) is 35.4 Å². The summed E-state index contributed by atoms with van der Waals surface area (Å²) in [6.45, 7) is 7.53. The molecule has 0 bridgehead atoms.